The van der Waals surface area contributed by atoms with E-state index in [2.05, 4.69) is 0 Å². The van der Waals surface area contributed by atoms with Crippen LogP contribution >= 0.6 is 0 Å². The summed E-state index contributed by atoms with van der Waals surface area (Å²) in [6, 6.07) is 3.29. The summed E-state index contributed by atoms with van der Waals surface area (Å²) in [7, 11) is 4.53. The van der Waals surface area contributed by atoms with Gasteiger partial charge >= 0.3 is 5.97 Å². The fourth-order valence-electron chi connectivity index (χ4n) is 2.30. The third-order valence-electron chi connectivity index (χ3n) is 3.53. The molecule has 0 bridgehead atoms. The maximum absolute atomic E-state index is 12.3. The first-order valence-electron chi connectivity index (χ1n) is 7.58. The minimum Gasteiger partial charge on any atom is -0.493 e. The monoisotopic (exact) mass is 324 g/mol. The van der Waals surface area contributed by atoms with Crippen LogP contribution in [0.2, 0.25) is 0 Å². The van der Waals surface area contributed by atoms with Gasteiger partial charge in [0.05, 0.1) is 21.3 Å². The van der Waals surface area contributed by atoms with Crippen molar-refractivity contribution in [2.75, 3.05) is 21.3 Å². The highest BCUT2D eigenvalue weighted by Crippen LogP contribution is 2.38. The zero-order valence-electron chi connectivity index (χ0n) is 13.9. The van der Waals surface area contributed by atoms with E-state index in [0.29, 0.717) is 35.7 Å². The summed E-state index contributed by atoms with van der Waals surface area (Å²) < 4.78 is 15.7. The molecule has 0 unspecified atom stereocenters. The Morgan fingerprint density at radius 3 is 1.83 bits per heavy atom. The van der Waals surface area contributed by atoms with Crippen LogP contribution in [-0.4, -0.2) is 38.2 Å². The van der Waals surface area contributed by atoms with Gasteiger partial charge in [-0.2, -0.15) is 0 Å². The van der Waals surface area contributed by atoms with E-state index in [1.54, 1.807) is 12.1 Å². The average molecular weight is 324 g/mol. The highest BCUT2D eigenvalue weighted by molar-refractivity contribution is 5.97. The molecule has 0 aliphatic rings. The lowest BCUT2D eigenvalue weighted by atomic mass is 10.0. The van der Waals surface area contributed by atoms with Crippen LogP contribution in [0.25, 0.3) is 0 Å². The van der Waals surface area contributed by atoms with Crippen molar-refractivity contribution in [3.05, 3.63) is 17.7 Å². The van der Waals surface area contributed by atoms with Gasteiger partial charge in [0.25, 0.3) is 0 Å². The maximum Gasteiger partial charge on any atom is 0.303 e. The first-order valence-corrected chi connectivity index (χ1v) is 7.58. The summed E-state index contributed by atoms with van der Waals surface area (Å²) in [6.45, 7) is 0. The zero-order chi connectivity index (χ0) is 17.2. The Morgan fingerprint density at radius 2 is 1.39 bits per heavy atom. The second-order valence-electron chi connectivity index (χ2n) is 5.15. The molecule has 128 valence electrons. The van der Waals surface area contributed by atoms with Gasteiger partial charge in [0.15, 0.2) is 17.3 Å². The fourth-order valence-corrected chi connectivity index (χ4v) is 2.30. The molecule has 0 heterocycles. The number of Topliss-reactive ketones (excluding diaryl/α,β-unsaturated/α-hetero) is 1. The van der Waals surface area contributed by atoms with Gasteiger partial charge in [0.2, 0.25) is 5.75 Å². The number of ether oxygens (including phenoxy) is 3. The van der Waals surface area contributed by atoms with Crippen LogP contribution < -0.4 is 14.2 Å². The molecule has 0 amide bonds. The van der Waals surface area contributed by atoms with Gasteiger partial charge in [-0.25, -0.2) is 0 Å². The number of benzene rings is 1. The molecule has 1 aromatic carbocycles. The lowest BCUT2D eigenvalue weighted by Crippen LogP contribution is -2.03. The Labute approximate surface area is 136 Å². The highest BCUT2D eigenvalue weighted by Gasteiger charge is 2.16. The number of aliphatic carboxylic acids is 1. The van der Waals surface area contributed by atoms with Crippen LogP contribution in [0.15, 0.2) is 12.1 Å². The Balaban J connectivity index is 2.60. The molecule has 0 saturated carbocycles. The van der Waals surface area contributed by atoms with Crippen molar-refractivity contribution in [1.82, 2.24) is 0 Å². The standard InChI is InChI=1S/C17H24O6/c1-21-14-10-12(11-15(22-2)17(14)23-3)13(18)8-6-4-5-7-9-16(19)20/h10-11H,4-9H2,1-3H3,(H,19,20). The Bertz CT molecular complexity index is 513. The van der Waals surface area contributed by atoms with E-state index in [1.165, 1.54) is 21.3 Å². The molecule has 23 heavy (non-hydrogen) atoms. The zero-order valence-corrected chi connectivity index (χ0v) is 13.9. The maximum atomic E-state index is 12.3. The molecule has 1 rings (SSSR count). The molecule has 6 heteroatoms. The first-order chi connectivity index (χ1) is 11.0. The minimum absolute atomic E-state index is 0.00230. The normalized spacial score (nSPS) is 10.2. The average Bonchev–Trinajstić information content (AvgIpc) is 2.55. The van der Waals surface area contributed by atoms with E-state index >= 15 is 0 Å². The van der Waals surface area contributed by atoms with Crippen molar-refractivity contribution in [2.24, 2.45) is 0 Å². The number of carbonyl (C=O) groups is 2. The second kappa shape index (κ2) is 9.71. The van der Waals surface area contributed by atoms with Gasteiger partial charge in [-0.3, -0.25) is 9.59 Å². The molecule has 6 nitrogen and oxygen atoms in total. The molecule has 1 aromatic rings. The molecule has 1 N–H and O–H groups in total. The number of carbonyl (C=O) groups excluding carboxylic acids is 1. The topological polar surface area (TPSA) is 82.1 Å². The molecule has 0 radical (unpaired) electrons. The predicted octanol–water partition coefficient (Wildman–Crippen LogP) is 3.32. The first kappa shape index (κ1) is 18.8. The lowest BCUT2D eigenvalue weighted by molar-refractivity contribution is -0.137. The Hall–Kier alpha value is -2.24. The molecular weight excluding hydrogens is 300 g/mol. The van der Waals surface area contributed by atoms with Gasteiger partial charge < -0.3 is 19.3 Å². The summed E-state index contributed by atoms with van der Waals surface area (Å²) in [5.74, 6) is 0.592. The van der Waals surface area contributed by atoms with Crippen LogP contribution in [-0.2, 0) is 4.79 Å². The van der Waals surface area contributed by atoms with E-state index in [1.807, 2.05) is 0 Å². The summed E-state index contributed by atoms with van der Waals surface area (Å²) in [5.41, 5.74) is 0.519. The van der Waals surface area contributed by atoms with Crippen LogP contribution in [0, 0.1) is 0 Å². The van der Waals surface area contributed by atoms with Gasteiger partial charge in [-0.1, -0.05) is 12.8 Å². The third-order valence-corrected chi connectivity index (χ3v) is 3.53. The van der Waals surface area contributed by atoms with E-state index in [9.17, 15) is 9.59 Å². The molecule has 0 saturated heterocycles. The number of hydrogen-bond acceptors (Lipinski definition) is 5. The largest absolute Gasteiger partial charge is 0.493 e. The SMILES string of the molecule is COc1cc(C(=O)CCCCCCC(=O)O)cc(OC)c1OC. The van der Waals surface area contributed by atoms with Crippen LogP contribution in [0.4, 0.5) is 0 Å². The Kier molecular flexibility index (Phi) is 7.94. The van der Waals surface area contributed by atoms with Crippen molar-refractivity contribution in [3.8, 4) is 17.2 Å². The summed E-state index contributed by atoms with van der Waals surface area (Å²) >= 11 is 0. The number of hydrogen-bond donors (Lipinski definition) is 1. The van der Waals surface area contributed by atoms with Gasteiger partial charge in [-0.05, 0) is 25.0 Å². The highest BCUT2D eigenvalue weighted by atomic mass is 16.5. The van der Waals surface area contributed by atoms with Crippen molar-refractivity contribution in [2.45, 2.75) is 38.5 Å². The molecule has 0 spiro atoms. The van der Waals surface area contributed by atoms with Gasteiger partial charge in [0, 0.05) is 18.4 Å². The smallest absolute Gasteiger partial charge is 0.303 e. The lowest BCUT2D eigenvalue weighted by Gasteiger charge is -2.13. The molecule has 0 aromatic heterocycles. The molecule has 0 atom stereocenters. The molecule has 0 aliphatic carbocycles. The van der Waals surface area contributed by atoms with Gasteiger partial charge in [-0.15, -0.1) is 0 Å². The molecular formula is C17H24O6. The number of unbranched alkanes of at least 4 members (excludes halogenated alkanes) is 3. The Morgan fingerprint density at radius 1 is 0.870 bits per heavy atom. The number of carboxylic acids is 1. The number of rotatable bonds is 11. The summed E-state index contributed by atoms with van der Waals surface area (Å²) in [4.78, 5) is 22.7. The van der Waals surface area contributed by atoms with Crippen molar-refractivity contribution in [3.63, 3.8) is 0 Å². The minimum atomic E-state index is -0.779. The van der Waals surface area contributed by atoms with E-state index in [-0.39, 0.29) is 12.2 Å². The van der Waals surface area contributed by atoms with Crippen LogP contribution in [0.5, 0.6) is 17.2 Å². The van der Waals surface area contributed by atoms with E-state index < -0.39 is 5.97 Å². The molecule has 0 aliphatic heterocycles. The summed E-state index contributed by atoms with van der Waals surface area (Å²) in [6.07, 6.45) is 3.62. The van der Waals surface area contributed by atoms with Crippen molar-refractivity contribution < 1.29 is 28.9 Å². The second-order valence-corrected chi connectivity index (χ2v) is 5.15. The summed E-state index contributed by atoms with van der Waals surface area (Å²) in [5, 5.41) is 8.56. The van der Waals surface area contributed by atoms with Crippen molar-refractivity contribution in [1.29, 1.82) is 0 Å². The third kappa shape index (κ3) is 5.81. The van der Waals surface area contributed by atoms with Crippen molar-refractivity contribution >= 4 is 11.8 Å². The van der Waals surface area contributed by atoms with E-state index in [0.717, 1.165) is 19.3 Å². The fraction of sp³-hybridized carbons (Fsp3) is 0.529. The number of methoxy groups -OCH3 is 3. The van der Waals surface area contributed by atoms with Gasteiger partial charge in [0.1, 0.15) is 0 Å². The quantitative estimate of drug-likeness (QED) is 0.497. The van der Waals surface area contributed by atoms with E-state index in [4.69, 9.17) is 19.3 Å². The number of carboxylic acid groups (broad SMARTS) is 1. The molecule has 0 fully saturated rings. The van der Waals surface area contributed by atoms with Crippen LogP contribution in [0.1, 0.15) is 48.9 Å². The number of ketones is 1. The predicted molar refractivity (Wildman–Crippen MR) is 85.8 cm³/mol. The van der Waals surface area contributed by atoms with Crippen LogP contribution in [0.3, 0.4) is 0 Å².